The standard InChI is InChI=1S/C18H21N3O3/c1-13(16-5-4-6-17(11-16)21(23)24)20(3)12-14-7-9-15(10-8-14)18(22)19-2/h4-11,13H,12H2,1-3H3,(H,19,22)/t13-/m0/s1. The van der Waals surface area contributed by atoms with Crippen molar-refractivity contribution in [3.63, 3.8) is 0 Å². The van der Waals surface area contributed by atoms with Gasteiger partial charge in [-0.3, -0.25) is 19.8 Å². The minimum absolute atomic E-state index is 0.0310. The van der Waals surface area contributed by atoms with Gasteiger partial charge >= 0.3 is 0 Å². The maximum absolute atomic E-state index is 11.6. The zero-order chi connectivity index (χ0) is 17.7. The van der Waals surface area contributed by atoms with Crippen molar-refractivity contribution in [2.75, 3.05) is 14.1 Å². The first-order chi connectivity index (χ1) is 11.4. The number of nitrogens with zero attached hydrogens (tertiary/aromatic N) is 2. The molecule has 0 bridgehead atoms. The van der Waals surface area contributed by atoms with Crippen LogP contribution >= 0.6 is 0 Å². The number of non-ortho nitro benzene ring substituents is 1. The van der Waals surface area contributed by atoms with E-state index in [1.807, 2.05) is 32.2 Å². The van der Waals surface area contributed by atoms with Crippen LogP contribution in [-0.2, 0) is 6.54 Å². The quantitative estimate of drug-likeness (QED) is 0.653. The van der Waals surface area contributed by atoms with E-state index in [0.717, 1.165) is 11.1 Å². The van der Waals surface area contributed by atoms with Gasteiger partial charge in [-0.2, -0.15) is 0 Å². The SMILES string of the molecule is CNC(=O)c1ccc(CN(C)[C@@H](C)c2cccc([N+](=O)[O-])c2)cc1. The number of hydrogen-bond acceptors (Lipinski definition) is 4. The first-order valence-electron chi connectivity index (χ1n) is 7.68. The van der Waals surface area contributed by atoms with E-state index in [9.17, 15) is 14.9 Å². The van der Waals surface area contributed by atoms with Gasteiger partial charge in [-0.15, -0.1) is 0 Å². The van der Waals surface area contributed by atoms with Gasteiger partial charge in [0.2, 0.25) is 0 Å². The largest absolute Gasteiger partial charge is 0.355 e. The summed E-state index contributed by atoms with van der Waals surface area (Å²) < 4.78 is 0. The molecular formula is C18H21N3O3. The number of hydrogen-bond donors (Lipinski definition) is 1. The van der Waals surface area contributed by atoms with Crippen molar-refractivity contribution in [2.24, 2.45) is 0 Å². The number of benzene rings is 2. The zero-order valence-electron chi connectivity index (χ0n) is 14.0. The average Bonchev–Trinajstić information content (AvgIpc) is 2.61. The Morgan fingerprint density at radius 2 is 1.92 bits per heavy atom. The van der Waals surface area contributed by atoms with E-state index in [2.05, 4.69) is 10.2 Å². The minimum Gasteiger partial charge on any atom is -0.355 e. The van der Waals surface area contributed by atoms with E-state index in [1.54, 1.807) is 31.3 Å². The van der Waals surface area contributed by atoms with Crippen molar-refractivity contribution < 1.29 is 9.72 Å². The Kier molecular flexibility index (Phi) is 5.65. The third-order valence-corrected chi connectivity index (χ3v) is 4.10. The number of amides is 1. The molecule has 0 radical (unpaired) electrons. The molecule has 0 aliphatic rings. The summed E-state index contributed by atoms with van der Waals surface area (Å²) >= 11 is 0. The molecule has 6 heteroatoms. The van der Waals surface area contributed by atoms with Gasteiger partial charge < -0.3 is 5.32 Å². The lowest BCUT2D eigenvalue weighted by molar-refractivity contribution is -0.384. The van der Waals surface area contributed by atoms with Crippen molar-refractivity contribution in [3.8, 4) is 0 Å². The molecule has 0 aliphatic heterocycles. The maximum Gasteiger partial charge on any atom is 0.269 e. The van der Waals surface area contributed by atoms with Gasteiger partial charge in [0.1, 0.15) is 0 Å². The second-order valence-electron chi connectivity index (χ2n) is 5.72. The van der Waals surface area contributed by atoms with Gasteiger partial charge in [-0.1, -0.05) is 24.3 Å². The van der Waals surface area contributed by atoms with E-state index in [-0.39, 0.29) is 22.6 Å². The number of nitro benzene ring substituents is 1. The highest BCUT2D eigenvalue weighted by molar-refractivity contribution is 5.93. The third-order valence-electron chi connectivity index (χ3n) is 4.10. The molecule has 2 aromatic rings. The van der Waals surface area contributed by atoms with Gasteiger partial charge in [-0.25, -0.2) is 0 Å². The van der Waals surface area contributed by atoms with Gasteiger partial charge in [-0.05, 0) is 37.2 Å². The smallest absolute Gasteiger partial charge is 0.269 e. The first kappa shape index (κ1) is 17.6. The van der Waals surface area contributed by atoms with Crippen LogP contribution in [0.1, 0.15) is 34.5 Å². The molecular weight excluding hydrogens is 306 g/mol. The van der Waals surface area contributed by atoms with Crippen molar-refractivity contribution in [1.29, 1.82) is 0 Å². The highest BCUT2D eigenvalue weighted by Gasteiger charge is 2.15. The van der Waals surface area contributed by atoms with E-state index in [0.29, 0.717) is 12.1 Å². The van der Waals surface area contributed by atoms with Gasteiger partial charge in [0.25, 0.3) is 11.6 Å². The predicted octanol–water partition coefficient (Wildman–Crippen LogP) is 3.15. The summed E-state index contributed by atoms with van der Waals surface area (Å²) in [5, 5.41) is 13.5. The fraction of sp³-hybridized carbons (Fsp3) is 0.278. The summed E-state index contributed by atoms with van der Waals surface area (Å²) in [6.45, 7) is 2.69. The molecule has 1 atom stereocenters. The molecule has 0 aromatic heterocycles. The lowest BCUT2D eigenvalue weighted by atomic mass is 10.1. The summed E-state index contributed by atoms with van der Waals surface area (Å²) in [6.07, 6.45) is 0. The summed E-state index contributed by atoms with van der Waals surface area (Å²) in [6, 6.07) is 14.1. The number of nitro groups is 1. The van der Waals surface area contributed by atoms with Crippen LogP contribution in [0.15, 0.2) is 48.5 Å². The minimum atomic E-state index is -0.381. The second-order valence-corrected chi connectivity index (χ2v) is 5.72. The Hall–Kier alpha value is -2.73. The maximum atomic E-state index is 11.6. The lowest BCUT2D eigenvalue weighted by Gasteiger charge is -2.25. The van der Waals surface area contributed by atoms with Crippen LogP contribution in [0, 0.1) is 10.1 Å². The monoisotopic (exact) mass is 327 g/mol. The van der Waals surface area contributed by atoms with Crippen LogP contribution in [0.2, 0.25) is 0 Å². The van der Waals surface area contributed by atoms with Crippen LogP contribution in [0.5, 0.6) is 0 Å². The lowest BCUT2D eigenvalue weighted by Crippen LogP contribution is -2.22. The topological polar surface area (TPSA) is 75.5 Å². The highest BCUT2D eigenvalue weighted by Crippen LogP contribution is 2.24. The van der Waals surface area contributed by atoms with Gasteiger partial charge in [0.15, 0.2) is 0 Å². The summed E-state index contributed by atoms with van der Waals surface area (Å²) in [5.74, 6) is -0.111. The van der Waals surface area contributed by atoms with E-state index in [4.69, 9.17) is 0 Å². The summed E-state index contributed by atoms with van der Waals surface area (Å²) in [5.41, 5.74) is 2.69. The molecule has 0 aliphatic carbocycles. The Bertz CT molecular complexity index is 729. The third kappa shape index (κ3) is 4.17. The normalized spacial score (nSPS) is 12.0. The molecule has 0 saturated heterocycles. The van der Waals surface area contributed by atoms with Crippen LogP contribution in [0.4, 0.5) is 5.69 Å². The molecule has 1 N–H and O–H groups in total. The highest BCUT2D eigenvalue weighted by atomic mass is 16.6. The fourth-order valence-electron chi connectivity index (χ4n) is 2.48. The summed E-state index contributed by atoms with van der Waals surface area (Å²) in [4.78, 5) is 24.2. The zero-order valence-corrected chi connectivity index (χ0v) is 14.0. The first-order valence-corrected chi connectivity index (χ1v) is 7.68. The molecule has 0 fully saturated rings. The Morgan fingerprint density at radius 1 is 1.25 bits per heavy atom. The second kappa shape index (κ2) is 7.70. The van der Waals surface area contributed by atoms with E-state index in [1.165, 1.54) is 6.07 Å². The molecule has 2 rings (SSSR count). The van der Waals surface area contributed by atoms with Crippen molar-refractivity contribution in [1.82, 2.24) is 10.2 Å². The molecule has 6 nitrogen and oxygen atoms in total. The van der Waals surface area contributed by atoms with Gasteiger partial charge in [0, 0.05) is 37.3 Å². The molecule has 24 heavy (non-hydrogen) atoms. The summed E-state index contributed by atoms with van der Waals surface area (Å²) in [7, 11) is 3.57. The molecule has 126 valence electrons. The molecule has 0 heterocycles. The Morgan fingerprint density at radius 3 is 2.50 bits per heavy atom. The molecule has 1 amide bonds. The predicted molar refractivity (Wildman–Crippen MR) is 92.8 cm³/mol. The van der Waals surface area contributed by atoms with Gasteiger partial charge in [0.05, 0.1) is 4.92 Å². The van der Waals surface area contributed by atoms with E-state index < -0.39 is 0 Å². The molecule has 2 aromatic carbocycles. The molecule has 0 saturated carbocycles. The van der Waals surface area contributed by atoms with Crippen LogP contribution in [-0.4, -0.2) is 29.8 Å². The van der Waals surface area contributed by atoms with Crippen LogP contribution in [0.25, 0.3) is 0 Å². The fourth-order valence-corrected chi connectivity index (χ4v) is 2.48. The van der Waals surface area contributed by atoms with Crippen LogP contribution in [0.3, 0.4) is 0 Å². The number of rotatable bonds is 6. The van der Waals surface area contributed by atoms with Crippen molar-refractivity contribution in [2.45, 2.75) is 19.5 Å². The molecule has 0 unspecified atom stereocenters. The van der Waals surface area contributed by atoms with E-state index >= 15 is 0 Å². The van der Waals surface area contributed by atoms with Crippen molar-refractivity contribution in [3.05, 3.63) is 75.3 Å². The van der Waals surface area contributed by atoms with Crippen LogP contribution < -0.4 is 5.32 Å². The average molecular weight is 327 g/mol. The van der Waals surface area contributed by atoms with Crippen molar-refractivity contribution >= 4 is 11.6 Å². The number of nitrogens with one attached hydrogen (secondary N) is 1. The number of carbonyl (C=O) groups is 1. The Labute approximate surface area is 141 Å². The Balaban J connectivity index is 2.08. The molecule has 0 spiro atoms. The number of carbonyl (C=O) groups excluding carboxylic acids is 1.